The van der Waals surface area contributed by atoms with E-state index >= 15 is 0 Å². The molecule has 2 aromatic rings. The van der Waals surface area contributed by atoms with Crippen LogP contribution in [-0.4, -0.2) is 12.6 Å². The zero-order valence-corrected chi connectivity index (χ0v) is 12.9. The molecule has 1 aliphatic rings. The van der Waals surface area contributed by atoms with Crippen molar-refractivity contribution in [1.29, 1.82) is 0 Å². The Morgan fingerprint density at radius 2 is 1.95 bits per heavy atom. The van der Waals surface area contributed by atoms with Gasteiger partial charge in [0.25, 0.3) is 0 Å². The van der Waals surface area contributed by atoms with Gasteiger partial charge in [-0.1, -0.05) is 43.7 Å². The van der Waals surface area contributed by atoms with Crippen LogP contribution < -0.4 is 5.32 Å². The third-order valence-corrected chi connectivity index (χ3v) is 4.08. The maximum absolute atomic E-state index is 12.4. The number of nitrogens with one attached hydrogen (secondary N) is 1. The molecule has 0 aliphatic carbocycles. The van der Waals surface area contributed by atoms with Crippen molar-refractivity contribution in [3.8, 4) is 0 Å². The van der Waals surface area contributed by atoms with Crippen LogP contribution in [0.3, 0.4) is 0 Å². The van der Waals surface area contributed by atoms with Crippen LogP contribution in [0.15, 0.2) is 42.5 Å². The van der Waals surface area contributed by atoms with E-state index in [1.165, 1.54) is 11.1 Å². The molecular weight excluding hydrogens is 274 g/mol. The first-order valence-corrected chi connectivity index (χ1v) is 7.89. The van der Waals surface area contributed by atoms with E-state index in [0.717, 1.165) is 37.1 Å². The molecule has 22 heavy (non-hydrogen) atoms. The van der Waals surface area contributed by atoms with Crippen LogP contribution in [0.2, 0.25) is 0 Å². The molecule has 0 spiro atoms. The van der Waals surface area contributed by atoms with Crippen molar-refractivity contribution >= 4 is 11.7 Å². The van der Waals surface area contributed by atoms with Crippen LogP contribution in [0, 0.1) is 0 Å². The van der Waals surface area contributed by atoms with Gasteiger partial charge < -0.3 is 10.1 Å². The van der Waals surface area contributed by atoms with Gasteiger partial charge in [0.2, 0.25) is 0 Å². The van der Waals surface area contributed by atoms with Gasteiger partial charge >= 0.3 is 5.97 Å². The first-order chi connectivity index (χ1) is 10.8. The van der Waals surface area contributed by atoms with Crippen LogP contribution in [0.5, 0.6) is 0 Å². The molecule has 0 amide bonds. The monoisotopic (exact) mass is 295 g/mol. The van der Waals surface area contributed by atoms with Gasteiger partial charge in [0.1, 0.15) is 0 Å². The van der Waals surface area contributed by atoms with E-state index in [4.69, 9.17) is 4.74 Å². The fourth-order valence-electron chi connectivity index (χ4n) is 2.82. The average Bonchev–Trinajstić information content (AvgIpc) is 2.74. The van der Waals surface area contributed by atoms with Crippen LogP contribution >= 0.6 is 0 Å². The second-order valence-electron chi connectivity index (χ2n) is 5.62. The number of unbranched alkanes of at least 4 members (excludes halogenated alkanes) is 1. The molecule has 3 nitrogen and oxygen atoms in total. The molecule has 3 rings (SSSR count). The average molecular weight is 295 g/mol. The van der Waals surface area contributed by atoms with Gasteiger partial charge in [-0.05, 0) is 35.2 Å². The molecule has 3 heteroatoms. The summed E-state index contributed by atoms with van der Waals surface area (Å²) in [6.07, 6.45) is 2.69. The highest BCUT2D eigenvalue weighted by atomic mass is 16.5. The van der Waals surface area contributed by atoms with Gasteiger partial charge in [-0.25, -0.2) is 4.79 Å². The van der Waals surface area contributed by atoms with Crippen LogP contribution in [0.4, 0.5) is 5.69 Å². The summed E-state index contributed by atoms with van der Waals surface area (Å²) in [5.74, 6) is -0.204. The predicted molar refractivity (Wildman–Crippen MR) is 88.2 cm³/mol. The summed E-state index contributed by atoms with van der Waals surface area (Å²) in [4.78, 5) is 12.4. The summed E-state index contributed by atoms with van der Waals surface area (Å²) in [5, 5.41) is 3.45. The lowest BCUT2D eigenvalue weighted by Crippen LogP contribution is -2.11. The van der Waals surface area contributed by atoms with Crippen molar-refractivity contribution in [2.45, 2.75) is 32.7 Å². The highest BCUT2D eigenvalue weighted by Crippen LogP contribution is 2.28. The van der Waals surface area contributed by atoms with E-state index < -0.39 is 0 Å². The topological polar surface area (TPSA) is 38.3 Å². The maximum atomic E-state index is 12.4. The number of esters is 1. The number of benzene rings is 2. The molecule has 0 fully saturated rings. The van der Waals surface area contributed by atoms with Crippen molar-refractivity contribution in [1.82, 2.24) is 0 Å². The molecule has 0 radical (unpaired) electrons. The van der Waals surface area contributed by atoms with Crippen LogP contribution in [-0.2, 0) is 17.7 Å². The molecular formula is C19H21NO2. The van der Waals surface area contributed by atoms with E-state index in [9.17, 15) is 4.79 Å². The summed E-state index contributed by atoms with van der Waals surface area (Å²) >= 11 is 0. The number of hydrogen-bond donors (Lipinski definition) is 1. The van der Waals surface area contributed by atoms with Crippen molar-refractivity contribution in [3.05, 3.63) is 64.7 Å². The molecule has 1 N–H and O–H groups in total. The van der Waals surface area contributed by atoms with Gasteiger partial charge in [0, 0.05) is 18.7 Å². The molecule has 0 atom stereocenters. The fourth-order valence-corrected chi connectivity index (χ4v) is 2.82. The largest absolute Gasteiger partial charge is 0.462 e. The van der Waals surface area contributed by atoms with Gasteiger partial charge in [-0.2, -0.15) is 0 Å². The van der Waals surface area contributed by atoms with E-state index in [1.807, 2.05) is 24.3 Å². The number of rotatable bonds is 4. The highest BCUT2D eigenvalue weighted by molar-refractivity contribution is 5.92. The minimum absolute atomic E-state index is 0.204. The molecule has 0 bridgehead atoms. The minimum Gasteiger partial charge on any atom is -0.462 e. The molecule has 0 unspecified atom stereocenters. The number of fused-ring (bicyclic) bond motifs is 2. The lowest BCUT2D eigenvalue weighted by Gasteiger charge is -2.12. The van der Waals surface area contributed by atoms with Crippen molar-refractivity contribution in [3.63, 3.8) is 0 Å². The van der Waals surface area contributed by atoms with E-state index in [1.54, 1.807) is 0 Å². The zero-order valence-electron chi connectivity index (χ0n) is 12.9. The van der Waals surface area contributed by atoms with E-state index in [-0.39, 0.29) is 5.97 Å². The Kier molecular flexibility index (Phi) is 4.42. The first kappa shape index (κ1) is 14.6. The number of para-hydroxylation sites is 1. The Bertz CT molecular complexity index is 679. The molecule has 2 aromatic carbocycles. The molecule has 114 valence electrons. The summed E-state index contributed by atoms with van der Waals surface area (Å²) in [6, 6.07) is 14.2. The van der Waals surface area contributed by atoms with Crippen molar-refractivity contribution in [2.24, 2.45) is 0 Å². The Morgan fingerprint density at radius 3 is 2.82 bits per heavy atom. The second kappa shape index (κ2) is 6.65. The molecule has 0 saturated heterocycles. The summed E-state index contributed by atoms with van der Waals surface area (Å²) in [6.45, 7) is 3.32. The maximum Gasteiger partial charge on any atom is 0.338 e. The Labute approximate surface area is 131 Å². The quantitative estimate of drug-likeness (QED) is 0.680. The molecule has 1 heterocycles. The lowest BCUT2D eigenvalue weighted by molar-refractivity contribution is 0.0498. The smallest absolute Gasteiger partial charge is 0.338 e. The Balaban J connectivity index is 1.91. The SMILES string of the molecule is CCCCOC(=O)c1cccc2c1Cc1ccccc1NC2. The summed E-state index contributed by atoms with van der Waals surface area (Å²) in [7, 11) is 0. The van der Waals surface area contributed by atoms with Crippen LogP contribution in [0.25, 0.3) is 0 Å². The van der Waals surface area contributed by atoms with Crippen LogP contribution in [0.1, 0.15) is 46.8 Å². The number of anilines is 1. The van der Waals surface area contributed by atoms with Crippen molar-refractivity contribution < 1.29 is 9.53 Å². The standard InChI is InChI=1S/C19H21NO2/c1-2-3-11-22-19(21)16-9-6-8-15-13-20-18-10-5-4-7-14(18)12-17(15)16/h4-10,20H,2-3,11-13H2,1H3. The fraction of sp³-hybridized carbons (Fsp3) is 0.316. The highest BCUT2D eigenvalue weighted by Gasteiger charge is 2.19. The molecule has 0 saturated carbocycles. The van der Waals surface area contributed by atoms with E-state index in [2.05, 4.69) is 30.4 Å². The zero-order chi connectivity index (χ0) is 15.4. The van der Waals surface area contributed by atoms with E-state index in [0.29, 0.717) is 12.2 Å². The first-order valence-electron chi connectivity index (χ1n) is 7.89. The third-order valence-electron chi connectivity index (χ3n) is 4.08. The summed E-state index contributed by atoms with van der Waals surface area (Å²) < 4.78 is 5.40. The predicted octanol–water partition coefficient (Wildman–Crippen LogP) is 4.16. The minimum atomic E-state index is -0.204. The number of carbonyl (C=O) groups is 1. The number of ether oxygens (including phenoxy) is 1. The summed E-state index contributed by atoms with van der Waals surface area (Å²) in [5.41, 5.74) is 5.31. The lowest BCUT2D eigenvalue weighted by atomic mass is 9.95. The van der Waals surface area contributed by atoms with Gasteiger partial charge in [-0.15, -0.1) is 0 Å². The molecule has 0 aromatic heterocycles. The van der Waals surface area contributed by atoms with Crippen molar-refractivity contribution in [2.75, 3.05) is 11.9 Å². The number of carbonyl (C=O) groups excluding carboxylic acids is 1. The normalized spacial score (nSPS) is 12.6. The second-order valence-corrected chi connectivity index (χ2v) is 5.62. The Hall–Kier alpha value is -2.29. The third kappa shape index (κ3) is 2.98. The molecule has 1 aliphatic heterocycles. The van der Waals surface area contributed by atoms with Gasteiger partial charge in [0.05, 0.1) is 12.2 Å². The Morgan fingerprint density at radius 1 is 1.14 bits per heavy atom. The van der Waals surface area contributed by atoms with Gasteiger partial charge in [0.15, 0.2) is 0 Å². The number of hydrogen-bond acceptors (Lipinski definition) is 3. The van der Waals surface area contributed by atoms with Gasteiger partial charge in [-0.3, -0.25) is 0 Å².